The lowest BCUT2D eigenvalue weighted by Crippen LogP contribution is -2.19. The zero-order valence-corrected chi connectivity index (χ0v) is 9.64. The van der Waals surface area contributed by atoms with Gasteiger partial charge in [-0.2, -0.15) is 0 Å². The summed E-state index contributed by atoms with van der Waals surface area (Å²) in [6.45, 7) is 5.74. The minimum absolute atomic E-state index is 0.315. The fourth-order valence-electron chi connectivity index (χ4n) is 2.68. The number of hydrogen-bond acceptors (Lipinski definition) is 1. The molecule has 0 radical (unpaired) electrons. The molecule has 0 bridgehead atoms. The first-order valence-electron chi connectivity index (χ1n) is 6.05. The average molecular weight is 201 g/mol. The van der Waals surface area contributed by atoms with Gasteiger partial charge in [0.05, 0.1) is 0 Å². The number of fused-ring (bicyclic) bond motifs is 1. The molecule has 2 aliphatic rings. The predicted octanol–water partition coefficient (Wildman–Crippen LogP) is 3.66. The van der Waals surface area contributed by atoms with Gasteiger partial charge in [-0.15, -0.1) is 0 Å². The topological polar surface area (TPSA) is 12.0 Å². The second-order valence-electron chi connectivity index (χ2n) is 5.67. The van der Waals surface area contributed by atoms with Crippen LogP contribution < -0.4 is 5.32 Å². The zero-order chi connectivity index (χ0) is 10.5. The van der Waals surface area contributed by atoms with E-state index in [1.54, 1.807) is 5.56 Å². The van der Waals surface area contributed by atoms with Crippen molar-refractivity contribution < 1.29 is 0 Å². The van der Waals surface area contributed by atoms with Gasteiger partial charge in [-0.05, 0) is 36.0 Å². The van der Waals surface area contributed by atoms with Crippen molar-refractivity contribution in [3.8, 4) is 0 Å². The molecule has 1 aromatic rings. The lowest BCUT2D eigenvalue weighted by Gasteiger charge is -2.27. The van der Waals surface area contributed by atoms with Crippen LogP contribution in [0.4, 0.5) is 5.69 Å². The number of anilines is 1. The molecule has 1 saturated carbocycles. The Balaban J connectivity index is 2.01. The molecule has 0 aromatic heterocycles. The van der Waals surface area contributed by atoms with E-state index in [9.17, 15) is 0 Å². The van der Waals surface area contributed by atoms with Crippen molar-refractivity contribution in [3.05, 3.63) is 29.3 Å². The van der Waals surface area contributed by atoms with Crippen molar-refractivity contribution in [1.29, 1.82) is 0 Å². The first-order chi connectivity index (χ1) is 7.17. The molecule has 0 spiro atoms. The summed E-state index contributed by atoms with van der Waals surface area (Å²) < 4.78 is 0. The van der Waals surface area contributed by atoms with E-state index < -0.39 is 0 Å². The van der Waals surface area contributed by atoms with E-state index in [4.69, 9.17) is 0 Å². The van der Waals surface area contributed by atoms with Gasteiger partial charge in [0.15, 0.2) is 0 Å². The highest BCUT2D eigenvalue weighted by atomic mass is 14.9. The maximum Gasteiger partial charge on any atom is 0.0379 e. The summed E-state index contributed by atoms with van der Waals surface area (Å²) in [5.74, 6) is 0.853. The van der Waals surface area contributed by atoms with E-state index in [1.165, 1.54) is 30.5 Å². The third-order valence-corrected chi connectivity index (χ3v) is 4.07. The number of nitrogens with one attached hydrogen (secondary N) is 1. The van der Waals surface area contributed by atoms with Gasteiger partial charge in [-0.3, -0.25) is 0 Å². The SMILES string of the molecule is CC1(C)CNc2ccc(C3CCC3)cc21. The van der Waals surface area contributed by atoms with E-state index in [-0.39, 0.29) is 0 Å². The van der Waals surface area contributed by atoms with Crippen LogP contribution in [0.25, 0.3) is 0 Å². The van der Waals surface area contributed by atoms with Crippen LogP contribution in [0.3, 0.4) is 0 Å². The average Bonchev–Trinajstić information content (AvgIpc) is 2.40. The Hall–Kier alpha value is -0.980. The summed E-state index contributed by atoms with van der Waals surface area (Å²) >= 11 is 0. The summed E-state index contributed by atoms with van der Waals surface area (Å²) in [5, 5.41) is 3.49. The van der Waals surface area contributed by atoms with Crippen molar-refractivity contribution in [2.45, 2.75) is 44.4 Å². The van der Waals surface area contributed by atoms with Gasteiger partial charge >= 0.3 is 0 Å². The van der Waals surface area contributed by atoms with Crippen molar-refractivity contribution in [2.75, 3.05) is 11.9 Å². The molecule has 0 atom stereocenters. The maximum absolute atomic E-state index is 3.49. The summed E-state index contributed by atoms with van der Waals surface area (Å²) in [5.41, 5.74) is 4.75. The summed E-state index contributed by atoms with van der Waals surface area (Å²) in [6, 6.07) is 7.04. The van der Waals surface area contributed by atoms with Crippen molar-refractivity contribution in [1.82, 2.24) is 0 Å². The van der Waals surface area contributed by atoms with Crippen LogP contribution in [0.1, 0.15) is 50.2 Å². The lowest BCUT2D eigenvalue weighted by atomic mass is 9.77. The third-order valence-electron chi connectivity index (χ3n) is 4.07. The Labute approximate surface area is 91.9 Å². The van der Waals surface area contributed by atoms with Gasteiger partial charge in [0.2, 0.25) is 0 Å². The molecule has 1 nitrogen and oxygen atoms in total. The molecule has 1 aliphatic carbocycles. The fourth-order valence-corrected chi connectivity index (χ4v) is 2.68. The highest BCUT2D eigenvalue weighted by Crippen LogP contribution is 2.42. The Bertz CT molecular complexity index is 388. The van der Waals surface area contributed by atoms with Gasteiger partial charge in [-0.1, -0.05) is 32.4 Å². The van der Waals surface area contributed by atoms with Crippen LogP contribution >= 0.6 is 0 Å². The zero-order valence-electron chi connectivity index (χ0n) is 9.64. The van der Waals surface area contributed by atoms with Crippen LogP contribution in [-0.4, -0.2) is 6.54 Å². The minimum Gasteiger partial charge on any atom is -0.384 e. The van der Waals surface area contributed by atoms with Crippen molar-refractivity contribution in [2.24, 2.45) is 0 Å². The molecular formula is C14H19N. The number of benzene rings is 1. The number of hydrogen-bond donors (Lipinski definition) is 1. The van der Waals surface area contributed by atoms with Gasteiger partial charge in [0.1, 0.15) is 0 Å². The molecule has 0 saturated heterocycles. The monoisotopic (exact) mass is 201 g/mol. The second kappa shape index (κ2) is 3.01. The molecule has 80 valence electrons. The normalized spacial score (nSPS) is 23.1. The van der Waals surface area contributed by atoms with E-state index in [0.29, 0.717) is 5.41 Å². The van der Waals surface area contributed by atoms with Gasteiger partial charge < -0.3 is 5.32 Å². The van der Waals surface area contributed by atoms with E-state index >= 15 is 0 Å². The summed E-state index contributed by atoms with van der Waals surface area (Å²) in [6.07, 6.45) is 4.21. The Morgan fingerprint density at radius 2 is 2.07 bits per heavy atom. The number of rotatable bonds is 1. The van der Waals surface area contributed by atoms with Crippen LogP contribution in [0.15, 0.2) is 18.2 Å². The molecule has 1 aliphatic heterocycles. The molecule has 1 fully saturated rings. The Kier molecular flexibility index (Phi) is 1.86. The van der Waals surface area contributed by atoms with E-state index in [2.05, 4.69) is 37.4 Å². The minimum atomic E-state index is 0.315. The fraction of sp³-hybridized carbons (Fsp3) is 0.571. The standard InChI is InChI=1S/C14H19N/c1-14(2)9-15-13-7-6-11(8-12(13)14)10-4-3-5-10/h6-8,10,15H,3-5,9H2,1-2H3. The lowest BCUT2D eigenvalue weighted by molar-refractivity contribution is 0.419. The smallest absolute Gasteiger partial charge is 0.0379 e. The van der Waals surface area contributed by atoms with Crippen LogP contribution in [0, 0.1) is 0 Å². The predicted molar refractivity (Wildman–Crippen MR) is 64.5 cm³/mol. The maximum atomic E-state index is 3.49. The first kappa shape index (κ1) is 9.26. The highest BCUT2D eigenvalue weighted by molar-refractivity contribution is 5.61. The largest absolute Gasteiger partial charge is 0.384 e. The first-order valence-corrected chi connectivity index (χ1v) is 6.05. The van der Waals surface area contributed by atoms with Gasteiger partial charge in [0.25, 0.3) is 0 Å². The Morgan fingerprint density at radius 3 is 2.73 bits per heavy atom. The molecule has 1 heterocycles. The second-order valence-corrected chi connectivity index (χ2v) is 5.67. The van der Waals surface area contributed by atoms with Crippen LogP contribution in [0.5, 0.6) is 0 Å². The highest BCUT2D eigenvalue weighted by Gasteiger charge is 2.31. The molecular weight excluding hydrogens is 182 g/mol. The van der Waals surface area contributed by atoms with Gasteiger partial charge in [0, 0.05) is 17.6 Å². The quantitative estimate of drug-likeness (QED) is 0.731. The van der Waals surface area contributed by atoms with Crippen LogP contribution in [-0.2, 0) is 5.41 Å². The molecule has 1 heteroatoms. The van der Waals surface area contributed by atoms with Gasteiger partial charge in [-0.25, -0.2) is 0 Å². The Morgan fingerprint density at radius 1 is 1.27 bits per heavy atom. The summed E-state index contributed by atoms with van der Waals surface area (Å²) in [4.78, 5) is 0. The third kappa shape index (κ3) is 1.37. The molecule has 1 aromatic carbocycles. The molecule has 0 unspecified atom stereocenters. The molecule has 3 rings (SSSR count). The molecule has 1 N–H and O–H groups in total. The van der Waals surface area contributed by atoms with E-state index in [0.717, 1.165) is 12.5 Å². The van der Waals surface area contributed by atoms with Crippen molar-refractivity contribution >= 4 is 5.69 Å². The molecule has 15 heavy (non-hydrogen) atoms. The van der Waals surface area contributed by atoms with E-state index in [1.807, 2.05) is 0 Å². The summed E-state index contributed by atoms with van der Waals surface area (Å²) in [7, 11) is 0. The van der Waals surface area contributed by atoms with Crippen molar-refractivity contribution in [3.63, 3.8) is 0 Å². The molecule has 0 amide bonds. The van der Waals surface area contributed by atoms with Crippen LogP contribution in [0.2, 0.25) is 0 Å².